The van der Waals surface area contributed by atoms with Gasteiger partial charge in [0.25, 0.3) is 0 Å². The monoisotopic (exact) mass is 814 g/mol. The number of carbonyl (C=O) groups excluding carboxylic acids is 5. The molecule has 3 aliphatic rings. The maximum atomic E-state index is 14.9. The second-order valence-corrected chi connectivity index (χ2v) is 17.5. The Morgan fingerprint density at radius 3 is 1.98 bits per heavy atom. The largest absolute Gasteiger partial charge is 0.343 e. The van der Waals surface area contributed by atoms with E-state index in [1.165, 1.54) is 12.8 Å². The first-order chi connectivity index (χ1) is 28.6. The van der Waals surface area contributed by atoms with E-state index in [0.29, 0.717) is 87.5 Å². The van der Waals surface area contributed by atoms with Crippen molar-refractivity contribution >= 4 is 35.0 Å². The van der Waals surface area contributed by atoms with Crippen LogP contribution in [0.4, 0.5) is 5.69 Å². The first-order valence-corrected chi connectivity index (χ1v) is 22.6. The van der Waals surface area contributed by atoms with Crippen LogP contribution in [0.25, 0.3) is 0 Å². The predicted octanol–water partition coefficient (Wildman–Crippen LogP) is 4.95. The molecule has 5 rings (SSSR count). The van der Waals surface area contributed by atoms with Crippen LogP contribution in [0.15, 0.2) is 54.6 Å². The van der Waals surface area contributed by atoms with Gasteiger partial charge in [0.1, 0.15) is 6.04 Å². The molecule has 0 bridgehead atoms. The highest BCUT2D eigenvalue weighted by molar-refractivity contribution is 6.08. The molecular weight excluding hydrogens is 743 g/mol. The fourth-order valence-electron chi connectivity index (χ4n) is 9.61. The Bertz CT molecular complexity index is 1660. The normalized spacial score (nSPS) is 20.3. The maximum Gasteiger partial charge on any atom is 0.245 e. The van der Waals surface area contributed by atoms with Crippen LogP contribution >= 0.6 is 0 Å². The average molecular weight is 814 g/mol. The lowest BCUT2D eigenvalue weighted by atomic mass is 9.79. The quantitative estimate of drug-likeness (QED) is 0.0703. The Balaban J connectivity index is 1.36. The number of likely N-dealkylation sites (N-methyl/N-ethyl adjacent to an activating group) is 1. The third-order valence-corrected chi connectivity index (χ3v) is 13.1. The molecule has 1 heterocycles. The van der Waals surface area contributed by atoms with Gasteiger partial charge in [-0.1, -0.05) is 113 Å². The molecule has 12 heteroatoms. The third kappa shape index (κ3) is 13.5. The van der Waals surface area contributed by atoms with Gasteiger partial charge >= 0.3 is 0 Å². The molecule has 0 spiro atoms. The van der Waals surface area contributed by atoms with Crippen molar-refractivity contribution in [3.05, 3.63) is 65.7 Å². The zero-order chi connectivity index (χ0) is 42.1. The average Bonchev–Trinajstić information content (AvgIpc) is 3.75. The molecule has 3 fully saturated rings. The van der Waals surface area contributed by atoms with Crippen molar-refractivity contribution in [2.45, 2.75) is 152 Å². The maximum absolute atomic E-state index is 14.9. The number of unbranched alkanes of at least 4 members (excludes halogenated alkanes) is 1. The third-order valence-electron chi connectivity index (χ3n) is 13.1. The Kier molecular flexibility index (Phi) is 18.5. The number of rotatable bonds is 22. The van der Waals surface area contributed by atoms with Crippen LogP contribution in [0.2, 0.25) is 0 Å². The summed E-state index contributed by atoms with van der Waals surface area (Å²) in [5.41, 5.74) is 21.1. The highest BCUT2D eigenvalue weighted by atomic mass is 16.2. The number of likely N-dealkylation sites (tertiary alicyclic amines) is 1. The van der Waals surface area contributed by atoms with Gasteiger partial charge in [0.2, 0.25) is 17.7 Å². The molecule has 12 nitrogen and oxygen atoms in total. The molecule has 2 aromatic carbocycles. The minimum Gasteiger partial charge on any atom is -0.343 e. The van der Waals surface area contributed by atoms with Crippen molar-refractivity contribution in [3.8, 4) is 0 Å². The number of Topliss-reactive ketones (excluding diaryl/α,β-unsaturated/α-hetero) is 2. The number of hydrogen-bond donors (Lipinski definition) is 6. The number of anilines is 1. The van der Waals surface area contributed by atoms with E-state index in [0.717, 1.165) is 56.9 Å². The number of benzene rings is 2. The Labute approximate surface area is 351 Å². The van der Waals surface area contributed by atoms with E-state index in [2.05, 4.69) is 16.0 Å². The molecule has 0 radical (unpaired) electrons. The van der Waals surface area contributed by atoms with E-state index in [-0.39, 0.29) is 35.7 Å². The lowest BCUT2D eigenvalue weighted by molar-refractivity contribution is -0.144. The van der Waals surface area contributed by atoms with Crippen LogP contribution in [0.1, 0.15) is 120 Å². The number of ketones is 2. The fourth-order valence-corrected chi connectivity index (χ4v) is 9.61. The molecule has 2 saturated carbocycles. The molecule has 6 atom stereocenters. The number of amides is 3. The summed E-state index contributed by atoms with van der Waals surface area (Å²) in [4.78, 5) is 72.8. The molecule has 2 aromatic rings. The first-order valence-electron chi connectivity index (χ1n) is 22.6. The van der Waals surface area contributed by atoms with Crippen LogP contribution < -0.4 is 33.2 Å². The van der Waals surface area contributed by atoms with Crippen LogP contribution in [-0.2, 0) is 36.8 Å². The van der Waals surface area contributed by atoms with Gasteiger partial charge in [-0.3, -0.25) is 24.0 Å². The van der Waals surface area contributed by atoms with Crippen LogP contribution in [0, 0.1) is 17.8 Å². The number of hydrogen-bond acceptors (Lipinski definition) is 9. The summed E-state index contributed by atoms with van der Waals surface area (Å²) < 4.78 is 0. The van der Waals surface area contributed by atoms with Crippen molar-refractivity contribution in [1.82, 2.24) is 15.5 Å². The van der Waals surface area contributed by atoms with E-state index in [4.69, 9.17) is 17.2 Å². The number of nitrogens with two attached hydrogens (primary N) is 3. The van der Waals surface area contributed by atoms with Crippen molar-refractivity contribution in [2.75, 3.05) is 25.5 Å². The highest BCUT2D eigenvalue weighted by Crippen LogP contribution is 2.32. The molecule has 9 N–H and O–H groups in total. The second kappa shape index (κ2) is 23.7. The summed E-state index contributed by atoms with van der Waals surface area (Å²) in [5.74, 6) is -1.99. The minimum atomic E-state index is -1.13. The minimum absolute atomic E-state index is 0.0306. The van der Waals surface area contributed by atoms with Crippen molar-refractivity contribution in [1.29, 1.82) is 0 Å². The van der Waals surface area contributed by atoms with E-state index < -0.39 is 36.1 Å². The summed E-state index contributed by atoms with van der Waals surface area (Å²) in [6.45, 7) is 0.782. The second-order valence-electron chi connectivity index (χ2n) is 17.5. The predicted molar refractivity (Wildman–Crippen MR) is 233 cm³/mol. The molecule has 59 heavy (non-hydrogen) atoms. The van der Waals surface area contributed by atoms with Crippen molar-refractivity contribution < 1.29 is 24.0 Å². The van der Waals surface area contributed by atoms with Gasteiger partial charge in [0, 0.05) is 12.2 Å². The van der Waals surface area contributed by atoms with Crippen LogP contribution in [-0.4, -0.2) is 84.5 Å². The lowest BCUT2D eigenvalue weighted by Gasteiger charge is -2.32. The van der Waals surface area contributed by atoms with Crippen LogP contribution in [0.3, 0.4) is 0 Å². The molecular formula is C47H71N7O5. The molecule has 1 unspecified atom stereocenters. The van der Waals surface area contributed by atoms with E-state index in [9.17, 15) is 24.0 Å². The van der Waals surface area contributed by atoms with Gasteiger partial charge in [-0.05, 0) is 100 Å². The number of para-hydroxylation sites is 1. The van der Waals surface area contributed by atoms with Crippen molar-refractivity contribution in [3.63, 3.8) is 0 Å². The molecule has 324 valence electrons. The topological polar surface area (TPSA) is 203 Å². The summed E-state index contributed by atoms with van der Waals surface area (Å²) in [7, 11) is 1.72. The Morgan fingerprint density at radius 1 is 0.712 bits per heavy atom. The van der Waals surface area contributed by atoms with E-state index in [1.54, 1.807) is 18.0 Å². The van der Waals surface area contributed by atoms with Gasteiger partial charge in [0.05, 0.1) is 30.1 Å². The van der Waals surface area contributed by atoms with E-state index >= 15 is 0 Å². The molecule has 0 aromatic heterocycles. The zero-order valence-corrected chi connectivity index (χ0v) is 35.4. The first kappa shape index (κ1) is 46.1. The van der Waals surface area contributed by atoms with Crippen molar-refractivity contribution in [2.24, 2.45) is 35.0 Å². The fraction of sp³-hybridized carbons (Fsp3) is 0.638. The summed E-state index contributed by atoms with van der Waals surface area (Å²) >= 11 is 0. The Hall–Kier alpha value is -3.97. The number of nitrogens with one attached hydrogen (secondary N) is 3. The molecule has 1 saturated heterocycles. The van der Waals surface area contributed by atoms with Gasteiger partial charge < -0.3 is 38.1 Å². The highest BCUT2D eigenvalue weighted by Gasteiger charge is 2.43. The molecule has 1 aliphatic heterocycles. The Morgan fingerprint density at radius 2 is 1.34 bits per heavy atom. The SMILES string of the molecule is CN[C@@H](Cc1ccccc1)C(=O)N[C@@H](CCCCN)C(=O)N1CCC[C@H]1C(=O)C(Cc1ccccc1NC(=O)[C@@H](N)CC1CCCCC1)C(=O)[C@H](N)CC1CCCCC1. The zero-order valence-electron chi connectivity index (χ0n) is 35.4. The summed E-state index contributed by atoms with van der Waals surface area (Å²) in [6, 6.07) is 13.1. The summed E-state index contributed by atoms with van der Waals surface area (Å²) in [6.07, 6.45) is 15.4. The van der Waals surface area contributed by atoms with Gasteiger partial charge in [-0.2, -0.15) is 0 Å². The van der Waals surface area contributed by atoms with Gasteiger partial charge in [-0.25, -0.2) is 0 Å². The molecule has 3 amide bonds. The van der Waals surface area contributed by atoms with E-state index in [1.807, 2.05) is 48.5 Å². The number of nitrogens with zero attached hydrogens (tertiary/aromatic N) is 1. The smallest absolute Gasteiger partial charge is 0.245 e. The summed E-state index contributed by atoms with van der Waals surface area (Å²) in [5, 5.41) is 9.14. The standard InChI is InChI=1S/C47H71N7O5/c1-51-41(30-34-20-9-4-10-21-34)46(58)53-40(24-13-14-26-48)47(59)54-27-15-25-42(54)44(56)36(43(55)37(49)28-32-16-5-2-6-17-32)31-35-22-11-12-23-39(35)52-45(57)38(50)29-33-18-7-3-8-19-33/h4,9-12,20-23,32-33,36-38,40-42,51H,2-3,5-8,13-19,24-31,48-50H2,1H3,(H,52,57)(H,53,58)/t36?,37-,38+,40+,41+,42+/m1/s1. The van der Waals surface area contributed by atoms with Gasteiger partial charge in [-0.15, -0.1) is 0 Å². The molecule has 2 aliphatic carbocycles. The lowest BCUT2D eigenvalue weighted by Crippen LogP contribution is -2.56. The number of carbonyl (C=O) groups is 5. The van der Waals surface area contributed by atoms with Crippen LogP contribution in [0.5, 0.6) is 0 Å². The van der Waals surface area contributed by atoms with Gasteiger partial charge in [0.15, 0.2) is 11.6 Å².